The van der Waals surface area contributed by atoms with Crippen LogP contribution < -0.4 is 10.1 Å². The molecule has 0 saturated carbocycles. The summed E-state index contributed by atoms with van der Waals surface area (Å²) in [5, 5.41) is 3.19. The molecule has 0 spiro atoms. The maximum atomic E-state index is 12.3. The van der Waals surface area contributed by atoms with Crippen molar-refractivity contribution in [1.29, 1.82) is 0 Å². The Kier molecular flexibility index (Phi) is 5.27. The Balaban J connectivity index is 2.07. The van der Waals surface area contributed by atoms with Crippen LogP contribution in [0.25, 0.3) is 0 Å². The number of hydrogen-bond donors (Lipinski definition) is 1. The van der Waals surface area contributed by atoms with Crippen molar-refractivity contribution in [3.05, 3.63) is 29.8 Å². The molecular formula is C16H21F3N2O3. The van der Waals surface area contributed by atoms with Gasteiger partial charge in [0.1, 0.15) is 11.4 Å². The average molecular weight is 346 g/mol. The summed E-state index contributed by atoms with van der Waals surface area (Å²) in [6, 6.07) is 5.46. The molecular weight excluding hydrogens is 325 g/mol. The second kappa shape index (κ2) is 6.88. The minimum atomic E-state index is -4.73. The van der Waals surface area contributed by atoms with Crippen molar-refractivity contribution < 1.29 is 27.4 Å². The molecule has 1 fully saturated rings. The molecule has 1 aromatic carbocycles. The highest BCUT2D eigenvalue weighted by atomic mass is 19.4. The van der Waals surface area contributed by atoms with Crippen molar-refractivity contribution in [2.24, 2.45) is 0 Å². The third-order valence-corrected chi connectivity index (χ3v) is 3.32. The second-order valence-corrected chi connectivity index (χ2v) is 6.55. The van der Waals surface area contributed by atoms with Gasteiger partial charge in [0.05, 0.1) is 6.04 Å². The fourth-order valence-electron chi connectivity index (χ4n) is 2.39. The summed E-state index contributed by atoms with van der Waals surface area (Å²) in [5.74, 6) is -0.281. The lowest BCUT2D eigenvalue weighted by Gasteiger charge is -2.35. The van der Waals surface area contributed by atoms with Crippen LogP contribution in [0.2, 0.25) is 0 Å². The summed E-state index contributed by atoms with van der Waals surface area (Å²) in [6.07, 6.45) is -5.17. The van der Waals surface area contributed by atoms with Gasteiger partial charge in [-0.05, 0) is 38.5 Å². The number of benzene rings is 1. The maximum absolute atomic E-state index is 12.3. The average Bonchev–Trinajstić information content (AvgIpc) is 2.44. The van der Waals surface area contributed by atoms with Gasteiger partial charge in [-0.3, -0.25) is 0 Å². The van der Waals surface area contributed by atoms with Crippen molar-refractivity contribution >= 4 is 6.09 Å². The Hall–Kier alpha value is -1.96. The van der Waals surface area contributed by atoms with Crippen molar-refractivity contribution in [2.45, 2.75) is 38.8 Å². The number of ether oxygens (including phenoxy) is 2. The molecule has 1 aliphatic heterocycles. The summed E-state index contributed by atoms with van der Waals surface area (Å²) >= 11 is 0. The van der Waals surface area contributed by atoms with E-state index in [4.69, 9.17) is 4.74 Å². The molecule has 1 N–H and O–H groups in total. The van der Waals surface area contributed by atoms with Gasteiger partial charge in [0.25, 0.3) is 0 Å². The Labute approximate surface area is 138 Å². The zero-order valence-electron chi connectivity index (χ0n) is 13.8. The number of carbonyl (C=O) groups excluding carboxylic acids is 1. The highest BCUT2D eigenvalue weighted by molar-refractivity contribution is 5.68. The number of halogens is 3. The first kappa shape index (κ1) is 18.4. The highest BCUT2D eigenvalue weighted by Gasteiger charge is 2.32. The van der Waals surface area contributed by atoms with E-state index in [2.05, 4.69) is 10.1 Å². The zero-order chi connectivity index (χ0) is 18.0. The normalized spacial score (nSPS) is 19.1. The smallest absolute Gasteiger partial charge is 0.444 e. The molecule has 1 saturated heterocycles. The summed E-state index contributed by atoms with van der Waals surface area (Å²) in [5.41, 5.74) is 0.0165. The summed E-state index contributed by atoms with van der Waals surface area (Å²) in [7, 11) is 0. The van der Waals surface area contributed by atoms with Crippen LogP contribution in [0.1, 0.15) is 32.4 Å². The van der Waals surface area contributed by atoms with Gasteiger partial charge >= 0.3 is 12.5 Å². The molecule has 8 heteroatoms. The number of amides is 1. The van der Waals surface area contributed by atoms with E-state index in [9.17, 15) is 18.0 Å². The molecule has 0 unspecified atom stereocenters. The van der Waals surface area contributed by atoms with Crippen molar-refractivity contribution in [3.63, 3.8) is 0 Å². The Morgan fingerprint density at radius 3 is 2.62 bits per heavy atom. The molecule has 2 rings (SSSR count). The minimum absolute atomic E-state index is 0.281. The van der Waals surface area contributed by atoms with Crippen molar-refractivity contribution in [2.75, 3.05) is 19.6 Å². The molecule has 1 atom stereocenters. The van der Waals surface area contributed by atoms with Crippen LogP contribution in [0.4, 0.5) is 18.0 Å². The number of alkyl halides is 3. The number of piperazine rings is 1. The van der Waals surface area contributed by atoms with Gasteiger partial charge in [-0.2, -0.15) is 0 Å². The molecule has 1 aromatic rings. The predicted molar refractivity (Wildman–Crippen MR) is 81.7 cm³/mol. The molecule has 1 amide bonds. The molecule has 0 radical (unpaired) electrons. The predicted octanol–water partition coefficient (Wildman–Crippen LogP) is 3.47. The van der Waals surface area contributed by atoms with Crippen LogP contribution in [-0.2, 0) is 4.74 Å². The van der Waals surface area contributed by atoms with E-state index >= 15 is 0 Å². The van der Waals surface area contributed by atoms with E-state index < -0.39 is 18.1 Å². The van der Waals surface area contributed by atoms with E-state index in [-0.39, 0.29) is 11.8 Å². The number of carbonyl (C=O) groups is 1. The van der Waals surface area contributed by atoms with Crippen LogP contribution >= 0.6 is 0 Å². The molecule has 1 aliphatic rings. The van der Waals surface area contributed by atoms with Crippen molar-refractivity contribution in [1.82, 2.24) is 10.2 Å². The van der Waals surface area contributed by atoms with Gasteiger partial charge < -0.3 is 19.7 Å². The van der Waals surface area contributed by atoms with Crippen LogP contribution in [0.3, 0.4) is 0 Å². The van der Waals surface area contributed by atoms with Gasteiger partial charge in [-0.15, -0.1) is 13.2 Å². The van der Waals surface area contributed by atoms with Crippen LogP contribution in [0, 0.1) is 0 Å². The maximum Gasteiger partial charge on any atom is 0.573 e. The number of hydrogen-bond acceptors (Lipinski definition) is 4. The number of rotatable bonds is 2. The number of nitrogens with one attached hydrogen (secondary N) is 1. The van der Waals surface area contributed by atoms with E-state index in [1.54, 1.807) is 31.7 Å². The monoisotopic (exact) mass is 346 g/mol. The first-order valence-corrected chi connectivity index (χ1v) is 7.60. The molecule has 24 heavy (non-hydrogen) atoms. The lowest BCUT2D eigenvalue weighted by molar-refractivity contribution is -0.274. The van der Waals surface area contributed by atoms with Gasteiger partial charge in [0.2, 0.25) is 0 Å². The summed E-state index contributed by atoms with van der Waals surface area (Å²) < 4.78 is 46.3. The molecule has 134 valence electrons. The number of nitrogens with zero attached hydrogens (tertiary/aromatic N) is 1. The lowest BCUT2D eigenvalue weighted by atomic mass is 10.0. The van der Waals surface area contributed by atoms with E-state index in [0.29, 0.717) is 25.2 Å². The third-order valence-electron chi connectivity index (χ3n) is 3.32. The van der Waals surface area contributed by atoms with Gasteiger partial charge in [0, 0.05) is 19.6 Å². The quantitative estimate of drug-likeness (QED) is 0.891. The van der Waals surface area contributed by atoms with E-state index in [0.717, 1.165) is 0 Å². The van der Waals surface area contributed by atoms with Gasteiger partial charge in [-0.1, -0.05) is 12.1 Å². The summed E-state index contributed by atoms with van der Waals surface area (Å²) in [6.45, 7) is 6.65. The molecule has 0 bridgehead atoms. The van der Waals surface area contributed by atoms with Crippen molar-refractivity contribution in [3.8, 4) is 5.75 Å². The van der Waals surface area contributed by atoms with Gasteiger partial charge in [-0.25, -0.2) is 4.79 Å². The zero-order valence-corrected chi connectivity index (χ0v) is 13.8. The third kappa shape index (κ3) is 5.59. The second-order valence-electron chi connectivity index (χ2n) is 6.55. The molecule has 0 aromatic heterocycles. The fourth-order valence-corrected chi connectivity index (χ4v) is 2.39. The molecule has 5 nitrogen and oxygen atoms in total. The lowest BCUT2D eigenvalue weighted by Crippen LogP contribution is -2.49. The highest BCUT2D eigenvalue weighted by Crippen LogP contribution is 2.27. The first-order valence-electron chi connectivity index (χ1n) is 7.60. The standard InChI is InChI=1S/C16H21F3N2O3/c1-15(2,3)24-14(22)21-8-7-20-13(10-21)11-5-4-6-12(9-11)23-16(17,18)19/h4-6,9,13,20H,7-8,10H2,1-3H3/t13-/m0/s1. The minimum Gasteiger partial charge on any atom is -0.444 e. The summed E-state index contributed by atoms with van der Waals surface area (Å²) in [4.78, 5) is 13.7. The topological polar surface area (TPSA) is 50.8 Å². The van der Waals surface area contributed by atoms with E-state index in [1.165, 1.54) is 18.2 Å². The van der Waals surface area contributed by atoms with Gasteiger partial charge in [0.15, 0.2) is 0 Å². The molecule has 0 aliphatic carbocycles. The van der Waals surface area contributed by atoms with Crippen LogP contribution in [-0.4, -0.2) is 42.6 Å². The Morgan fingerprint density at radius 1 is 1.29 bits per heavy atom. The van der Waals surface area contributed by atoms with Crippen LogP contribution in [0.5, 0.6) is 5.75 Å². The van der Waals surface area contributed by atoms with Crippen LogP contribution in [0.15, 0.2) is 24.3 Å². The molecule has 1 heterocycles. The first-order chi connectivity index (χ1) is 11.0. The van der Waals surface area contributed by atoms with E-state index in [1.807, 2.05) is 0 Å². The fraction of sp³-hybridized carbons (Fsp3) is 0.562. The SMILES string of the molecule is CC(C)(C)OC(=O)N1CCN[C@H](c2cccc(OC(F)(F)F)c2)C1. The Bertz CT molecular complexity index is 585. The largest absolute Gasteiger partial charge is 0.573 e. The Morgan fingerprint density at radius 2 is 2.00 bits per heavy atom.